The fraction of sp³-hybridized carbons (Fsp3) is 0.529. The van der Waals surface area contributed by atoms with Gasteiger partial charge in [-0.2, -0.15) is 0 Å². The Labute approximate surface area is 144 Å². The molecule has 0 aliphatic heterocycles. The van der Waals surface area contributed by atoms with Crippen LogP contribution in [-0.4, -0.2) is 21.5 Å². The van der Waals surface area contributed by atoms with Gasteiger partial charge in [-0.1, -0.05) is 20.8 Å². The number of aliphatic imine (C=N–C) groups is 1. The number of non-ortho nitro benzene ring substituents is 2. The number of nitrogens with zero attached hydrogens (tertiary/aromatic N) is 3. The van der Waals surface area contributed by atoms with Crippen LogP contribution in [0.3, 0.4) is 0 Å². The Morgan fingerprint density at radius 3 is 2.08 bits per heavy atom. The van der Waals surface area contributed by atoms with Gasteiger partial charge in [0, 0.05) is 23.3 Å². The molecule has 2 bridgehead atoms. The molecule has 0 radical (unpaired) electrons. The maximum Gasteiger partial charge on any atom is 0.277 e. The molecule has 2 aliphatic carbocycles. The van der Waals surface area contributed by atoms with E-state index in [4.69, 9.17) is 0 Å². The number of benzene rings is 1. The number of carbonyl (C=O) groups is 1. The molecular formula is C17H19N3O5. The Morgan fingerprint density at radius 1 is 1.12 bits per heavy atom. The average molecular weight is 345 g/mol. The van der Waals surface area contributed by atoms with Crippen LogP contribution in [0.15, 0.2) is 23.2 Å². The highest BCUT2D eigenvalue weighted by Gasteiger charge is 2.59. The van der Waals surface area contributed by atoms with Gasteiger partial charge < -0.3 is 0 Å². The number of carbonyl (C=O) groups excluding carboxylic acids is 1. The molecule has 8 heteroatoms. The summed E-state index contributed by atoms with van der Waals surface area (Å²) in [6.07, 6.45) is 2.77. The second-order valence-electron chi connectivity index (χ2n) is 7.61. The van der Waals surface area contributed by atoms with E-state index in [1.807, 2.05) is 0 Å². The normalized spacial score (nSPS) is 28.3. The molecule has 1 amide bonds. The summed E-state index contributed by atoms with van der Waals surface area (Å²) in [4.78, 5) is 37.2. The van der Waals surface area contributed by atoms with Crippen molar-refractivity contribution in [3.63, 3.8) is 0 Å². The molecule has 0 aromatic heterocycles. The number of nitro groups is 2. The van der Waals surface area contributed by atoms with E-state index in [2.05, 4.69) is 25.8 Å². The van der Waals surface area contributed by atoms with Gasteiger partial charge in [-0.25, -0.2) is 4.99 Å². The van der Waals surface area contributed by atoms with Crippen LogP contribution in [0.4, 0.5) is 11.4 Å². The van der Waals surface area contributed by atoms with Gasteiger partial charge >= 0.3 is 0 Å². The topological polar surface area (TPSA) is 116 Å². The lowest BCUT2D eigenvalue weighted by Crippen LogP contribution is -2.33. The van der Waals surface area contributed by atoms with E-state index >= 15 is 0 Å². The summed E-state index contributed by atoms with van der Waals surface area (Å²) in [6.45, 7) is 6.45. The molecule has 25 heavy (non-hydrogen) atoms. The highest BCUT2D eigenvalue weighted by Crippen LogP contribution is 2.64. The summed E-state index contributed by atoms with van der Waals surface area (Å²) in [5, 5.41) is 21.9. The molecule has 2 aliphatic rings. The van der Waals surface area contributed by atoms with Crippen LogP contribution in [0, 0.1) is 37.0 Å². The van der Waals surface area contributed by atoms with Crippen molar-refractivity contribution in [3.05, 3.63) is 44.0 Å². The predicted octanol–water partition coefficient (Wildman–Crippen LogP) is 3.93. The zero-order valence-corrected chi connectivity index (χ0v) is 14.3. The fourth-order valence-corrected chi connectivity index (χ4v) is 4.21. The van der Waals surface area contributed by atoms with E-state index in [9.17, 15) is 25.0 Å². The van der Waals surface area contributed by atoms with Gasteiger partial charge in [-0.3, -0.25) is 25.0 Å². The Hall–Kier alpha value is -2.64. The Balaban J connectivity index is 2.00. The van der Waals surface area contributed by atoms with E-state index in [0.717, 1.165) is 43.2 Å². The van der Waals surface area contributed by atoms with Crippen LogP contribution in [0.2, 0.25) is 0 Å². The van der Waals surface area contributed by atoms with Crippen LogP contribution >= 0.6 is 0 Å². The number of hydrogen-bond donors (Lipinski definition) is 0. The average Bonchev–Trinajstić information content (AvgIpc) is 2.87. The molecule has 3 rings (SSSR count). The fourth-order valence-electron chi connectivity index (χ4n) is 4.21. The molecular weight excluding hydrogens is 326 g/mol. The summed E-state index contributed by atoms with van der Waals surface area (Å²) in [5.41, 5.74) is -0.444. The first kappa shape index (κ1) is 17.2. The second-order valence-corrected chi connectivity index (χ2v) is 7.61. The first-order chi connectivity index (χ1) is 11.6. The maximum absolute atomic E-state index is 12.5. The van der Waals surface area contributed by atoms with Crippen LogP contribution < -0.4 is 0 Å². The van der Waals surface area contributed by atoms with Crippen molar-refractivity contribution in [1.82, 2.24) is 0 Å². The number of rotatable bonds is 3. The third-order valence-electron chi connectivity index (χ3n) is 6.32. The molecule has 0 heterocycles. The molecule has 1 aromatic rings. The molecule has 2 saturated carbocycles. The largest absolute Gasteiger partial charge is 0.277 e. The monoisotopic (exact) mass is 345 g/mol. The zero-order chi connectivity index (χ0) is 18.6. The van der Waals surface area contributed by atoms with Crippen LogP contribution in [0.25, 0.3) is 0 Å². The first-order valence-electron chi connectivity index (χ1n) is 8.12. The van der Waals surface area contributed by atoms with Gasteiger partial charge in [0.15, 0.2) is 0 Å². The standard InChI is InChI=1S/C17H19N3O5/c1-16(2)11-4-5-17(16,3)14(8-11)18-15(21)10-6-12(19(22)23)9-13(7-10)20(24)25/h6-7,9,11H,4-5,8H2,1-3H3. The van der Waals surface area contributed by atoms with Crippen molar-refractivity contribution in [2.45, 2.75) is 40.0 Å². The van der Waals surface area contributed by atoms with E-state index < -0.39 is 27.1 Å². The zero-order valence-electron chi connectivity index (χ0n) is 14.3. The van der Waals surface area contributed by atoms with Crippen molar-refractivity contribution in [3.8, 4) is 0 Å². The van der Waals surface area contributed by atoms with Gasteiger partial charge in [-0.15, -0.1) is 0 Å². The van der Waals surface area contributed by atoms with Gasteiger partial charge in [-0.05, 0) is 30.6 Å². The van der Waals surface area contributed by atoms with Crippen molar-refractivity contribution in [1.29, 1.82) is 0 Å². The lowest BCUT2D eigenvalue weighted by molar-refractivity contribution is -0.394. The molecule has 1 aromatic carbocycles. The van der Waals surface area contributed by atoms with E-state index in [1.165, 1.54) is 0 Å². The quantitative estimate of drug-likeness (QED) is 0.608. The minimum Gasteiger partial charge on any atom is -0.267 e. The number of nitro benzene ring substituents is 2. The van der Waals surface area contributed by atoms with Gasteiger partial charge in [0.25, 0.3) is 17.3 Å². The molecule has 2 fully saturated rings. The van der Waals surface area contributed by atoms with E-state index in [-0.39, 0.29) is 16.4 Å². The minimum atomic E-state index is -0.751. The highest BCUT2D eigenvalue weighted by molar-refractivity contribution is 6.07. The maximum atomic E-state index is 12.5. The Bertz CT molecular complexity index is 797. The Kier molecular flexibility index (Phi) is 3.74. The number of fused-ring (bicyclic) bond motifs is 2. The second kappa shape index (κ2) is 5.44. The van der Waals surface area contributed by atoms with E-state index in [1.54, 1.807) is 0 Å². The lowest BCUT2D eigenvalue weighted by atomic mass is 9.70. The van der Waals surface area contributed by atoms with Crippen molar-refractivity contribution in [2.75, 3.05) is 0 Å². The van der Waals surface area contributed by atoms with Crippen molar-refractivity contribution >= 4 is 23.0 Å². The highest BCUT2D eigenvalue weighted by atomic mass is 16.6. The van der Waals surface area contributed by atoms with Crippen molar-refractivity contribution < 1.29 is 14.6 Å². The SMILES string of the molecule is CC12CCC(CC1=NC(=O)c1cc([N+](=O)[O-])cc([N+](=O)[O-])c1)C2(C)C. The van der Waals surface area contributed by atoms with Crippen LogP contribution in [0.5, 0.6) is 0 Å². The summed E-state index contributed by atoms with van der Waals surface area (Å²) in [6, 6.07) is 2.92. The smallest absolute Gasteiger partial charge is 0.267 e. The van der Waals surface area contributed by atoms with Gasteiger partial charge in [0.2, 0.25) is 0 Å². The third kappa shape index (κ3) is 2.52. The summed E-state index contributed by atoms with van der Waals surface area (Å²) in [7, 11) is 0. The molecule has 2 atom stereocenters. The van der Waals surface area contributed by atoms with Crippen LogP contribution in [0.1, 0.15) is 50.4 Å². The lowest BCUT2D eigenvalue weighted by Gasteiger charge is -2.34. The Morgan fingerprint density at radius 2 is 1.68 bits per heavy atom. The first-order valence-corrected chi connectivity index (χ1v) is 8.12. The third-order valence-corrected chi connectivity index (χ3v) is 6.32. The van der Waals surface area contributed by atoms with Crippen molar-refractivity contribution in [2.24, 2.45) is 21.7 Å². The molecule has 0 spiro atoms. The molecule has 2 unspecified atom stereocenters. The molecule has 0 N–H and O–H groups in total. The van der Waals surface area contributed by atoms with Gasteiger partial charge in [0.05, 0.1) is 21.5 Å². The summed E-state index contributed by atoms with van der Waals surface area (Å²) in [5.74, 6) is -0.199. The minimum absolute atomic E-state index is 0.0425. The molecule has 132 valence electrons. The van der Waals surface area contributed by atoms with Gasteiger partial charge in [0.1, 0.15) is 0 Å². The number of amides is 1. The predicted molar refractivity (Wildman–Crippen MR) is 90.7 cm³/mol. The molecule has 8 nitrogen and oxygen atoms in total. The van der Waals surface area contributed by atoms with E-state index in [0.29, 0.717) is 5.92 Å². The molecule has 0 saturated heterocycles. The summed E-state index contributed by atoms with van der Waals surface area (Å²) < 4.78 is 0. The number of hydrogen-bond acceptors (Lipinski definition) is 5. The van der Waals surface area contributed by atoms with Crippen LogP contribution in [-0.2, 0) is 0 Å². The summed E-state index contributed by atoms with van der Waals surface area (Å²) >= 11 is 0.